The first kappa shape index (κ1) is 62.1. The fraction of sp³-hybridized carbons (Fsp3) is 0.650. The molecule has 0 fully saturated rings. The van der Waals surface area contributed by atoms with Crippen LogP contribution in [0.15, 0.2) is 109 Å². The summed E-state index contributed by atoms with van der Waals surface area (Å²) < 4.78 is 16.7. The fourth-order valence-electron chi connectivity index (χ4n) is 7.03. The van der Waals surface area contributed by atoms with Crippen LogP contribution in [0.4, 0.5) is 0 Å². The molecule has 0 bridgehead atoms. The third-order valence-electron chi connectivity index (χ3n) is 11.0. The summed E-state index contributed by atoms with van der Waals surface area (Å²) in [5, 5.41) is 0. The minimum atomic E-state index is -0.816. The molecule has 0 N–H and O–H groups in total. The van der Waals surface area contributed by atoms with Gasteiger partial charge in [-0.25, -0.2) is 0 Å². The minimum Gasteiger partial charge on any atom is -0.462 e. The Hall–Kier alpha value is -3.93. The van der Waals surface area contributed by atoms with E-state index in [-0.39, 0.29) is 37.5 Å². The normalized spacial score (nSPS) is 13.0. The number of carbonyl (C=O) groups excluding carboxylic acids is 3. The smallest absolute Gasteiger partial charge is 0.306 e. The van der Waals surface area contributed by atoms with E-state index in [1.165, 1.54) is 77.0 Å². The van der Waals surface area contributed by atoms with Crippen LogP contribution in [0.5, 0.6) is 0 Å². The zero-order valence-corrected chi connectivity index (χ0v) is 42.7. The van der Waals surface area contributed by atoms with E-state index in [9.17, 15) is 14.4 Å². The van der Waals surface area contributed by atoms with Crippen molar-refractivity contribution in [1.82, 2.24) is 0 Å². The molecule has 1 unspecified atom stereocenters. The average molecular weight is 915 g/mol. The zero-order chi connectivity index (χ0) is 47.9. The van der Waals surface area contributed by atoms with Crippen LogP contribution in [0.3, 0.4) is 0 Å². The van der Waals surface area contributed by atoms with Crippen molar-refractivity contribution >= 4 is 17.9 Å². The van der Waals surface area contributed by atoms with Gasteiger partial charge in [-0.2, -0.15) is 0 Å². The summed E-state index contributed by atoms with van der Waals surface area (Å²) in [6.45, 7) is 6.31. The molecule has 66 heavy (non-hydrogen) atoms. The molecule has 0 radical (unpaired) electrons. The fourth-order valence-corrected chi connectivity index (χ4v) is 7.03. The quantitative estimate of drug-likeness (QED) is 0.0262. The highest BCUT2D eigenvalue weighted by Crippen LogP contribution is 2.14. The van der Waals surface area contributed by atoms with Crippen molar-refractivity contribution in [2.24, 2.45) is 0 Å². The standard InChI is InChI=1S/C60H98O6/c1-4-7-10-13-16-19-22-25-27-28-29-30-31-32-33-36-38-41-44-47-50-53-59(62)65-56-57(55-64-58(61)52-49-46-43-40-37-34-24-21-18-15-12-9-6-3)66-60(63)54-51-48-45-42-39-35-26-23-20-17-14-11-8-5-2/h7,9-10,12,16,18-19,21,23,25-27,29-30,34,37,43,46,57H,4-6,8,11,13-15,17,20,22,24,28,31-33,35-36,38-42,44-45,47-56H2,1-3H3/b10-7-,12-9-,19-16-,21-18-,26-23-,27-25-,30-29-,37-34-,46-43-. The van der Waals surface area contributed by atoms with Crippen molar-refractivity contribution in [2.45, 2.75) is 239 Å². The molecule has 0 spiro atoms. The molecule has 0 amide bonds. The molecular formula is C60H98O6. The Morgan fingerprint density at radius 3 is 1.03 bits per heavy atom. The van der Waals surface area contributed by atoms with Crippen molar-refractivity contribution < 1.29 is 28.6 Å². The van der Waals surface area contributed by atoms with E-state index in [4.69, 9.17) is 14.2 Å². The summed E-state index contributed by atoms with van der Waals surface area (Å²) in [5.41, 5.74) is 0. The lowest BCUT2D eigenvalue weighted by atomic mass is 10.1. The minimum absolute atomic E-state index is 0.109. The second-order valence-corrected chi connectivity index (χ2v) is 17.4. The highest BCUT2D eigenvalue weighted by atomic mass is 16.6. The van der Waals surface area contributed by atoms with Crippen LogP contribution in [0.1, 0.15) is 233 Å². The van der Waals surface area contributed by atoms with Crippen LogP contribution in [0.2, 0.25) is 0 Å². The van der Waals surface area contributed by atoms with Gasteiger partial charge in [0.2, 0.25) is 0 Å². The second kappa shape index (κ2) is 53.7. The van der Waals surface area contributed by atoms with Crippen LogP contribution in [-0.2, 0) is 28.6 Å². The summed E-state index contributed by atoms with van der Waals surface area (Å²) in [6, 6.07) is 0. The van der Waals surface area contributed by atoms with Gasteiger partial charge in [-0.15, -0.1) is 0 Å². The van der Waals surface area contributed by atoms with Gasteiger partial charge in [-0.3, -0.25) is 14.4 Å². The Morgan fingerprint density at radius 2 is 0.621 bits per heavy atom. The first-order valence-electron chi connectivity index (χ1n) is 26.9. The Bertz CT molecular complexity index is 1370. The predicted octanol–water partition coefficient (Wildman–Crippen LogP) is 17.9. The zero-order valence-electron chi connectivity index (χ0n) is 42.7. The van der Waals surface area contributed by atoms with E-state index in [0.717, 1.165) is 109 Å². The number of hydrogen-bond acceptors (Lipinski definition) is 6. The van der Waals surface area contributed by atoms with Crippen molar-refractivity contribution in [2.75, 3.05) is 13.2 Å². The van der Waals surface area contributed by atoms with Crippen molar-refractivity contribution in [1.29, 1.82) is 0 Å². The lowest BCUT2D eigenvalue weighted by molar-refractivity contribution is -0.166. The maximum atomic E-state index is 12.8. The van der Waals surface area contributed by atoms with Crippen LogP contribution < -0.4 is 0 Å². The molecule has 0 aromatic rings. The number of unbranched alkanes of at least 4 members (excludes halogenated alkanes) is 18. The Balaban J connectivity index is 4.44. The van der Waals surface area contributed by atoms with Gasteiger partial charge < -0.3 is 14.2 Å². The van der Waals surface area contributed by atoms with Gasteiger partial charge in [0.15, 0.2) is 6.10 Å². The maximum Gasteiger partial charge on any atom is 0.306 e. The van der Waals surface area contributed by atoms with Gasteiger partial charge in [-0.1, -0.05) is 214 Å². The molecule has 1 atom stereocenters. The van der Waals surface area contributed by atoms with E-state index >= 15 is 0 Å². The van der Waals surface area contributed by atoms with Gasteiger partial charge >= 0.3 is 17.9 Å². The Kier molecular flexibility index (Phi) is 50.5. The Labute approximate surface area is 406 Å². The number of esters is 3. The average Bonchev–Trinajstić information content (AvgIpc) is 3.31. The molecule has 0 heterocycles. The molecule has 6 heteroatoms. The predicted molar refractivity (Wildman–Crippen MR) is 283 cm³/mol. The molecule has 0 saturated carbocycles. The summed E-state index contributed by atoms with van der Waals surface area (Å²) in [7, 11) is 0. The van der Waals surface area contributed by atoms with Gasteiger partial charge in [0.05, 0.1) is 0 Å². The highest BCUT2D eigenvalue weighted by Gasteiger charge is 2.19. The number of rotatable bonds is 47. The maximum absolute atomic E-state index is 12.8. The molecule has 0 aromatic carbocycles. The third kappa shape index (κ3) is 51.1. The van der Waals surface area contributed by atoms with Gasteiger partial charge in [0, 0.05) is 19.3 Å². The largest absolute Gasteiger partial charge is 0.462 e. The molecule has 6 nitrogen and oxygen atoms in total. The van der Waals surface area contributed by atoms with Gasteiger partial charge in [0.25, 0.3) is 0 Å². The lowest BCUT2D eigenvalue weighted by Gasteiger charge is -2.18. The third-order valence-corrected chi connectivity index (χ3v) is 11.0. The molecule has 0 aliphatic heterocycles. The van der Waals surface area contributed by atoms with Crippen LogP contribution in [0, 0.1) is 0 Å². The molecule has 0 aliphatic carbocycles. The van der Waals surface area contributed by atoms with Crippen molar-refractivity contribution in [3.63, 3.8) is 0 Å². The topological polar surface area (TPSA) is 78.9 Å². The SMILES string of the molecule is CC/C=C\C/C=C\C/C=C\C/C=C\CCCCCCCCCCC(=O)OCC(COC(=O)CC/C=C\C/C=C\C/C=C\C/C=C\CC)OC(=O)CCCCCCC/C=C\CCCCCCC. The van der Waals surface area contributed by atoms with Crippen molar-refractivity contribution in [3.05, 3.63) is 109 Å². The van der Waals surface area contributed by atoms with E-state index in [0.29, 0.717) is 19.3 Å². The summed E-state index contributed by atoms with van der Waals surface area (Å²) >= 11 is 0. The molecule has 0 rings (SSSR count). The highest BCUT2D eigenvalue weighted by molar-refractivity contribution is 5.71. The van der Waals surface area contributed by atoms with E-state index < -0.39 is 6.10 Å². The van der Waals surface area contributed by atoms with E-state index in [2.05, 4.69) is 118 Å². The van der Waals surface area contributed by atoms with E-state index in [1.807, 2.05) is 12.2 Å². The molecular weight excluding hydrogens is 817 g/mol. The summed E-state index contributed by atoms with van der Waals surface area (Å²) in [4.78, 5) is 38.0. The number of hydrogen-bond donors (Lipinski definition) is 0. The lowest BCUT2D eigenvalue weighted by Crippen LogP contribution is -2.30. The molecule has 0 saturated heterocycles. The number of allylic oxidation sites excluding steroid dienone is 18. The van der Waals surface area contributed by atoms with Crippen LogP contribution in [0.25, 0.3) is 0 Å². The van der Waals surface area contributed by atoms with Crippen molar-refractivity contribution in [3.8, 4) is 0 Å². The van der Waals surface area contributed by atoms with Crippen LogP contribution >= 0.6 is 0 Å². The summed E-state index contributed by atoms with van der Waals surface area (Å²) in [5.74, 6) is -1.01. The van der Waals surface area contributed by atoms with Gasteiger partial charge in [0.1, 0.15) is 13.2 Å². The molecule has 374 valence electrons. The van der Waals surface area contributed by atoms with E-state index in [1.54, 1.807) is 0 Å². The second-order valence-electron chi connectivity index (χ2n) is 17.4. The summed E-state index contributed by atoms with van der Waals surface area (Å²) in [6.07, 6.45) is 72.3. The first-order chi connectivity index (χ1) is 32.5. The monoisotopic (exact) mass is 915 g/mol. The number of carbonyl (C=O) groups is 3. The molecule has 0 aromatic heterocycles. The van der Waals surface area contributed by atoms with Crippen LogP contribution in [-0.4, -0.2) is 37.2 Å². The van der Waals surface area contributed by atoms with Gasteiger partial charge in [-0.05, 0) is 109 Å². The molecule has 0 aliphatic rings. The Morgan fingerprint density at radius 1 is 0.318 bits per heavy atom. The first-order valence-corrected chi connectivity index (χ1v) is 26.9. The number of ether oxygens (including phenoxy) is 3.